The highest BCUT2D eigenvalue weighted by Crippen LogP contribution is 2.16. The van der Waals surface area contributed by atoms with E-state index in [2.05, 4.69) is 15.3 Å². The molecule has 6 heteroatoms. The molecule has 0 spiro atoms. The minimum Gasteiger partial charge on any atom is -0.323 e. The summed E-state index contributed by atoms with van der Waals surface area (Å²) in [6, 6.07) is 2.91. The molecular weight excluding hydrogens is 248 g/mol. The number of hydrogen-bond acceptors (Lipinski definition) is 5. The normalized spacial score (nSPS) is 12.2. The van der Waals surface area contributed by atoms with E-state index in [0.29, 0.717) is 11.4 Å². The van der Waals surface area contributed by atoms with Crippen molar-refractivity contribution in [3.05, 3.63) is 40.1 Å². The molecule has 0 fully saturated rings. The van der Waals surface area contributed by atoms with Gasteiger partial charge in [0, 0.05) is 11.1 Å². The lowest BCUT2D eigenvalue weighted by molar-refractivity contribution is -0.117. The number of nitrogens with zero attached hydrogens (tertiary/aromatic N) is 2. The summed E-state index contributed by atoms with van der Waals surface area (Å²) >= 11 is 1.41. The maximum Gasteiger partial charge on any atom is 0.247 e. The molecule has 94 valence electrons. The van der Waals surface area contributed by atoms with Crippen LogP contribution in [-0.2, 0) is 4.79 Å². The van der Waals surface area contributed by atoms with E-state index in [9.17, 15) is 4.79 Å². The highest BCUT2D eigenvalue weighted by molar-refractivity contribution is 7.07. The SMILES string of the molecule is Cc1ccc(NC(=O)C(N)c2cscn2)c(C)n1. The number of amides is 1. The Morgan fingerprint density at radius 1 is 1.44 bits per heavy atom. The van der Waals surface area contributed by atoms with Crippen molar-refractivity contribution in [3.63, 3.8) is 0 Å². The zero-order valence-electron chi connectivity index (χ0n) is 10.2. The van der Waals surface area contributed by atoms with Gasteiger partial charge < -0.3 is 11.1 Å². The number of thiazole rings is 1. The molecule has 0 aromatic carbocycles. The Bertz CT molecular complexity index is 553. The van der Waals surface area contributed by atoms with Crippen molar-refractivity contribution in [2.24, 2.45) is 5.73 Å². The molecule has 2 aromatic heterocycles. The quantitative estimate of drug-likeness (QED) is 0.883. The van der Waals surface area contributed by atoms with Crippen LogP contribution in [0.4, 0.5) is 5.69 Å². The van der Waals surface area contributed by atoms with E-state index >= 15 is 0 Å². The Hall–Kier alpha value is -1.79. The molecule has 5 nitrogen and oxygen atoms in total. The third-order valence-corrected chi connectivity index (χ3v) is 3.14. The average Bonchev–Trinajstić information content (AvgIpc) is 2.85. The van der Waals surface area contributed by atoms with E-state index in [1.807, 2.05) is 26.0 Å². The van der Waals surface area contributed by atoms with Gasteiger partial charge in [-0.25, -0.2) is 4.98 Å². The molecule has 18 heavy (non-hydrogen) atoms. The number of aryl methyl sites for hydroxylation is 2. The Kier molecular flexibility index (Phi) is 3.69. The largest absolute Gasteiger partial charge is 0.323 e. The number of nitrogens with one attached hydrogen (secondary N) is 1. The number of nitrogens with two attached hydrogens (primary N) is 1. The summed E-state index contributed by atoms with van der Waals surface area (Å²) in [5.41, 5.74) is 10.4. The fourth-order valence-corrected chi connectivity index (χ4v) is 2.13. The monoisotopic (exact) mass is 262 g/mol. The fraction of sp³-hybridized carbons (Fsp3) is 0.250. The molecular formula is C12H14N4OS. The molecule has 1 unspecified atom stereocenters. The summed E-state index contributed by atoms with van der Waals surface area (Å²) in [7, 11) is 0. The van der Waals surface area contributed by atoms with Crippen molar-refractivity contribution in [2.45, 2.75) is 19.9 Å². The molecule has 1 atom stereocenters. The van der Waals surface area contributed by atoms with Crippen LogP contribution in [0.3, 0.4) is 0 Å². The molecule has 0 radical (unpaired) electrons. The highest BCUT2D eigenvalue weighted by atomic mass is 32.1. The molecule has 2 heterocycles. The van der Waals surface area contributed by atoms with Crippen LogP contribution in [0.25, 0.3) is 0 Å². The van der Waals surface area contributed by atoms with Crippen molar-refractivity contribution < 1.29 is 4.79 Å². The first-order valence-corrected chi connectivity index (χ1v) is 6.41. The number of carbonyl (C=O) groups is 1. The first kappa shape index (κ1) is 12.7. The number of carbonyl (C=O) groups excluding carboxylic acids is 1. The zero-order valence-corrected chi connectivity index (χ0v) is 11.0. The second kappa shape index (κ2) is 5.24. The molecule has 0 bridgehead atoms. The van der Waals surface area contributed by atoms with Crippen LogP contribution in [0.5, 0.6) is 0 Å². The van der Waals surface area contributed by atoms with Gasteiger partial charge in [-0.15, -0.1) is 11.3 Å². The van der Waals surface area contributed by atoms with Gasteiger partial charge in [0.25, 0.3) is 0 Å². The second-order valence-corrected chi connectivity index (χ2v) is 4.68. The van der Waals surface area contributed by atoms with Crippen LogP contribution < -0.4 is 11.1 Å². The van der Waals surface area contributed by atoms with Gasteiger partial charge in [-0.05, 0) is 26.0 Å². The summed E-state index contributed by atoms with van der Waals surface area (Å²) in [5.74, 6) is -0.283. The number of hydrogen-bond donors (Lipinski definition) is 2. The predicted molar refractivity (Wildman–Crippen MR) is 71.4 cm³/mol. The van der Waals surface area contributed by atoms with E-state index in [4.69, 9.17) is 5.73 Å². The maximum absolute atomic E-state index is 11.9. The molecule has 0 aliphatic carbocycles. The Balaban J connectivity index is 2.12. The van der Waals surface area contributed by atoms with Gasteiger partial charge in [-0.1, -0.05) is 0 Å². The first-order chi connectivity index (χ1) is 8.58. The first-order valence-electron chi connectivity index (χ1n) is 5.46. The lowest BCUT2D eigenvalue weighted by atomic mass is 10.2. The van der Waals surface area contributed by atoms with Crippen LogP contribution in [0.2, 0.25) is 0 Å². The molecule has 3 N–H and O–H groups in total. The van der Waals surface area contributed by atoms with Gasteiger partial charge in [-0.2, -0.15) is 0 Å². The van der Waals surface area contributed by atoms with E-state index in [0.717, 1.165) is 11.4 Å². The van der Waals surface area contributed by atoms with Crippen molar-refractivity contribution in [1.29, 1.82) is 0 Å². The van der Waals surface area contributed by atoms with Gasteiger partial charge in [0.15, 0.2) is 0 Å². The lowest BCUT2D eigenvalue weighted by Crippen LogP contribution is -2.28. The van der Waals surface area contributed by atoms with E-state index < -0.39 is 6.04 Å². The number of pyridine rings is 1. The lowest BCUT2D eigenvalue weighted by Gasteiger charge is -2.12. The van der Waals surface area contributed by atoms with E-state index in [1.165, 1.54) is 11.3 Å². The van der Waals surface area contributed by atoms with Gasteiger partial charge in [0.1, 0.15) is 6.04 Å². The molecule has 1 amide bonds. The third-order valence-electron chi connectivity index (χ3n) is 2.54. The number of anilines is 1. The standard InChI is InChI=1S/C12H14N4OS/c1-7-3-4-9(8(2)15-7)16-12(17)11(13)10-5-18-6-14-10/h3-6,11H,13H2,1-2H3,(H,16,17). The van der Waals surface area contributed by atoms with Crippen molar-refractivity contribution in [3.8, 4) is 0 Å². The average molecular weight is 262 g/mol. The smallest absolute Gasteiger partial charge is 0.247 e. The molecule has 2 rings (SSSR count). The Labute approximate surface area is 109 Å². The van der Waals surface area contributed by atoms with Crippen molar-refractivity contribution in [2.75, 3.05) is 5.32 Å². The van der Waals surface area contributed by atoms with E-state index in [1.54, 1.807) is 10.9 Å². The van der Waals surface area contributed by atoms with Gasteiger partial charge in [0.05, 0.1) is 22.6 Å². The maximum atomic E-state index is 11.9. The number of rotatable bonds is 3. The molecule has 2 aromatic rings. The topological polar surface area (TPSA) is 80.9 Å². The summed E-state index contributed by atoms with van der Waals surface area (Å²) in [6.45, 7) is 3.75. The summed E-state index contributed by atoms with van der Waals surface area (Å²) in [6.07, 6.45) is 0. The van der Waals surface area contributed by atoms with Crippen molar-refractivity contribution in [1.82, 2.24) is 9.97 Å². The van der Waals surface area contributed by atoms with Crippen molar-refractivity contribution >= 4 is 22.9 Å². The summed E-state index contributed by atoms with van der Waals surface area (Å²) in [4.78, 5) is 20.3. The highest BCUT2D eigenvalue weighted by Gasteiger charge is 2.18. The van der Waals surface area contributed by atoms with Crippen LogP contribution in [0.1, 0.15) is 23.1 Å². The minimum absolute atomic E-state index is 0.283. The second-order valence-electron chi connectivity index (χ2n) is 3.97. The van der Waals surface area contributed by atoms with Crippen LogP contribution in [-0.4, -0.2) is 15.9 Å². The fourth-order valence-electron chi connectivity index (χ4n) is 1.54. The van der Waals surface area contributed by atoms with Crippen LogP contribution in [0, 0.1) is 13.8 Å². The summed E-state index contributed by atoms with van der Waals surface area (Å²) < 4.78 is 0. The zero-order chi connectivity index (χ0) is 13.1. The molecule has 0 saturated heterocycles. The number of aromatic nitrogens is 2. The minimum atomic E-state index is -0.753. The van der Waals surface area contributed by atoms with Crippen LogP contribution in [0.15, 0.2) is 23.0 Å². The Morgan fingerprint density at radius 3 is 2.83 bits per heavy atom. The van der Waals surface area contributed by atoms with Gasteiger partial charge >= 0.3 is 0 Å². The molecule has 0 aliphatic heterocycles. The van der Waals surface area contributed by atoms with Gasteiger partial charge in [-0.3, -0.25) is 9.78 Å². The molecule has 0 aliphatic rings. The summed E-state index contributed by atoms with van der Waals surface area (Å²) in [5, 5.41) is 4.53. The van der Waals surface area contributed by atoms with Crippen LogP contribution >= 0.6 is 11.3 Å². The van der Waals surface area contributed by atoms with Gasteiger partial charge in [0.2, 0.25) is 5.91 Å². The molecule has 0 saturated carbocycles. The Morgan fingerprint density at radius 2 is 2.22 bits per heavy atom. The van der Waals surface area contributed by atoms with E-state index in [-0.39, 0.29) is 5.91 Å². The predicted octanol–water partition coefficient (Wildman–Crippen LogP) is 1.79. The third kappa shape index (κ3) is 2.72.